The number of hydrogen-bond donors (Lipinski definition) is 0. The number of rotatable bonds is 9. The van der Waals surface area contributed by atoms with Crippen molar-refractivity contribution in [1.82, 2.24) is 0 Å². The minimum atomic E-state index is 0.989. The van der Waals surface area contributed by atoms with Crippen molar-refractivity contribution >= 4 is 0 Å². The first kappa shape index (κ1) is 13.7. The summed E-state index contributed by atoms with van der Waals surface area (Å²) in [5, 5.41) is 0. The zero-order chi connectivity index (χ0) is 10.6. The molecule has 0 heterocycles. The molecule has 0 aromatic heterocycles. The molecular weight excluding hydrogens is 168 g/mol. The smallest absolute Gasteiger partial charge is 0.0348 e. The van der Waals surface area contributed by atoms with E-state index in [1.807, 2.05) is 0 Å². The van der Waals surface area contributed by atoms with Crippen LogP contribution in [0.2, 0.25) is 0 Å². The molecule has 0 saturated carbocycles. The van der Waals surface area contributed by atoms with Gasteiger partial charge in [-0.2, -0.15) is 0 Å². The molecule has 1 unspecified atom stereocenters. The van der Waals surface area contributed by atoms with Crippen LogP contribution in [0, 0.1) is 5.92 Å². The highest BCUT2D eigenvalue weighted by Crippen LogP contribution is 2.20. The van der Waals surface area contributed by atoms with E-state index in [0.717, 1.165) is 5.92 Å². The lowest BCUT2D eigenvalue weighted by Gasteiger charge is -2.14. The molecule has 0 rings (SSSR count). The van der Waals surface area contributed by atoms with Crippen LogP contribution >= 0.6 is 0 Å². The standard InChI is InChI=1S/C14H28/c1-4-7-9-12-14(11-6-3)13-10-8-5-2/h4,7,14H,5-6,8-13H2,1-3H3. The quantitative estimate of drug-likeness (QED) is 0.345. The highest BCUT2D eigenvalue weighted by Gasteiger charge is 2.05. The molecule has 0 saturated heterocycles. The second-order valence-electron chi connectivity index (χ2n) is 4.30. The molecule has 0 aliphatic heterocycles. The summed E-state index contributed by atoms with van der Waals surface area (Å²) in [4.78, 5) is 0. The first-order valence-electron chi connectivity index (χ1n) is 6.46. The fraction of sp³-hybridized carbons (Fsp3) is 0.857. The highest BCUT2D eigenvalue weighted by molar-refractivity contribution is 4.77. The number of hydrogen-bond acceptors (Lipinski definition) is 0. The minimum absolute atomic E-state index is 0.989. The SMILES string of the molecule is CC=CCCC(CCC)CCCCC. The van der Waals surface area contributed by atoms with E-state index in [0.29, 0.717) is 0 Å². The molecule has 0 nitrogen and oxygen atoms in total. The van der Waals surface area contributed by atoms with Crippen molar-refractivity contribution in [2.24, 2.45) is 5.92 Å². The van der Waals surface area contributed by atoms with Gasteiger partial charge in [0.15, 0.2) is 0 Å². The summed E-state index contributed by atoms with van der Waals surface area (Å²) < 4.78 is 0. The van der Waals surface area contributed by atoms with Gasteiger partial charge >= 0.3 is 0 Å². The minimum Gasteiger partial charge on any atom is -0.0917 e. The maximum absolute atomic E-state index is 2.31. The van der Waals surface area contributed by atoms with Gasteiger partial charge in [0, 0.05) is 0 Å². The van der Waals surface area contributed by atoms with Gasteiger partial charge in [0.25, 0.3) is 0 Å². The maximum atomic E-state index is 2.31. The van der Waals surface area contributed by atoms with Crippen LogP contribution in [-0.2, 0) is 0 Å². The average Bonchev–Trinajstić information content (AvgIpc) is 2.18. The molecule has 0 N–H and O–H groups in total. The monoisotopic (exact) mass is 196 g/mol. The van der Waals surface area contributed by atoms with E-state index in [1.54, 1.807) is 0 Å². The fourth-order valence-electron chi connectivity index (χ4n) is 2.02. The second kappa shape index (κ2) is 10.8. The topological polar surface area (TPSA) is 0 Å². The largest absolute Gasteiger partial charge is 0.0917 e. The van der Waals surface area contributed by atoms with Gasteiger partial charge in [0.05, 0.1) is 0 Å². The van der Waals surface area contributed by atoms with Crippen LogP contribution in [0.3, 0.4) is 0 Å². The van der Waals surface area contributed by atoms with E-state index in [2.05, 4.69) is 32.9 Å². The van der Waals surface area contributed by atoms with Gasteiger partial charge in [0.1, 0.15) is 0 Å². The van der Waals surface area contributed by atoms with Crippen LogP contribution in [0.5, 0.6) is 0 Å². The lowest BCUT2D eigenvalue weighted by Crippen LogP contribution is -1.99. The molecule has 0 radical (unpaired) electrons. The number of allylic oxidation sites excluding steroid dienone is 2. The van der Waals surface area contributed by atoms with Gasteiger partial charge in [0.2, 0.25) is 0 Å². The van der Waals surface area contributed by atoms with Crippen molar-refractivity contribution in [3.05, 3.63) is 12.2 Å². The van der Waals surface area contributed by atoms with Crippen LogP contribution in [0.1, 0.15) is 72.1 Å². The van der Waals surface area contributed by atoms with Crippen molar-refractivity contribution in [2.45, 2.75) is 72.1 Å². The fourth-order valence-corrected chi connectivity index (χ4v) is 2.02. The Balaban J connectivity index is 3.54. The molecule has 1 atom stereocenters. The third-order valence-corrected chi connectivity index (χ3v) is 2.89. The Kier molecular flexibility index (Phi) is 10.6. The van der Waals surface area contributed by atoms with E-state index in [9.17, 15) is 0 Å². The molecule has 0 heteroatoms. The summed E-state index contributed by atoms with van der Waals surface area (Å²) in [7, 11) is 0. The Hall–Kier alpha value is -0.260. The van der Waals surface area contributed by atoms with Crippen molar-refractivity contribution in [3.8, 4) is 0 Å². The summed E-state index contributed by atoms with van der Waals surface area (Å²) in [6.07, 6.45) is 15.6. The summed E-state index contributed by atoms with van der Waals surface area (Å²) in [6.45, 7) is 6.71. The normalized spacial score (nSPS) is 13.6. The Labute approximate surface area is 90.8 Å². The zero-order valence-corrected chi connectivity index (χ0v) is 10.4. The first-order valence-corrected chi connectivity index (χ1v) is 6.46. The van der Waals surface area contributed by atoms with Crippen LogP contribution in [0.15, 0.2) is 12.2 Å². The average molecular weight is 196 g/mol. The summed E-state index contributed by atoms with van der Waals surface area (Å²) in [6, 6.07) is 0. The molecule has 84 valence electrons. The molecule has 0 fully saturated rings. The highest BCUT2D eigenvalue weighted by atomic mass is 14.1. The molecular formula is C14H28. The number of unbranched alkanes of at least 4 members (excludes halogenated alkanes) is 2. The third-order valence-electron chi connectivity index (χ3n) is 2.89. The van der Waals surface area contributed by atoms with E-state index in [-0.39, 0.29) is 0 Å². The molecule has 0 spiro atoms. The molecule has 0 aromatic rings. The van der Waals surface area contributed by atoms with Crippen molar-refractivity contribution in [2.75, 3.05) is 0 Å². The summed E-state index contributed by atoms with van der Waals surface area (Å²) in [5.74, 6) is 0.989. The van der Waals surface area contributed by atoms with E-state index < -0.39 is 0 Å². The predicted molar refractivity (Wildman–Crippen MR) is 66.6 cm³/mol. The van der Waals surface area contributed by atoms with Crippen LogP contribution in [0.4, 0.5) is 0 Å². The van der Waals surface area contributed by atoms with Gasteiger partial charge in [-0.05, 0) is 25.7 Å². The summed E-state index contributed by atoms with van der Waals surface area (Å²) >= 11 is 0. The molecule has 0 aliphatic carbocycles. The maximum Gasteiger partial charge on any atom is -0.0348 e. The zero-order valence-electron chi connectivity index (χ0n) is 10.4. The van der Waals surface area contributed by atoms with Crippen LogP contribution < -0.4 is 0 Å². The van der Waals surface area contributed by atoms with E-state index >= 15 is 0 Å². The third kappa shape index (κ3) is 8.34. The molecule has 0 bridgehead atoms. The van der Waals surface area contributed by atoms with Crippen molar-refractivity contribution in [1.29, 1.82) is 0 Å². The predicted octanol–water partition coefficient (Wildman–Crippen LogP) is 5.34. The Bertz CT molecular complexity index is 124. The van der Waals surface area contributed by atoms with E-state index in [1.165, 1.54) is 51.4 Å². The first-order chi connectivity index (χ1) is 6.85. The Morgan fingerprint density at radius 3 is 2.29 bits per heavy atom. The van der Waals surface area contributed by atoms with Gasteiger partial charge in [-0.15, -0.1) is 0 Å². The van der Waals surface area contributed by atoms with Gasteiger partial charge in [-0.3, -0.25) is 0 Å². The molecule has 0 aliphatic rings. The van der Waals surface area contributed by atoms with Crippen LogP contribution in [-0.4, -0.2) is 0 Å². The molecule has 0 amide bonds. The van der Waals surface area contributed by atoms with Crippen molar-refractivity contribution < 1.29 is 0 Å². The van der Waals surface area contributed by atoms with E-state index in [4.69, 9.17) is 0 Å². The Morgan fingerprint density at radius 1 is 0.929 bits per heavy atom. The van der Waals surface area contributed by atoms with Gasteiger partial charge in [-0.1, -0.05) is 64.5 Å². The lowest BCUT2D eigenvalue weighted by atomic mass is 9.92. The van der Waals surface area contributed by atoms with Crippen molar-refractivity contribution in [3.63, 3.8) is 0 Å². The lowest BCUT2D eigenvalue weighted by molar-refractivity contribution is 0.400. The second-order valence-corrected chi connectivity index (χ2v) is 4.30. The van der Waals surface area contributed by atoms with Gasteiger partial charge < -0.3 is 0 Å². The molecule has 14 heavy (non-hydrogen) atoms. The summed E-state index contributed by atoms with van der Waals surface area (Å²) in [5.41, 5.74) is 0. The van der Waals surface area contributed by atoms with Gasteiger partial charge in [-0.25, -0.2) is 0 Å². The Morgan fingerprint density at radius 2 is 1.71 bits per heavy atom. The molecule has 0 aromatic carbocycles. The van der Waals surface area contributed by atoms with Crippen LogP contribution in [0.25, 0.3) is 0 Å².